The third kappa shape index (κ3) is 15.0. The molecule has 110 valence electrons. The minimum atomic E-state index is -0.271. The number of aldehydes is 1. The third-order valence-corrected chi connectivity index (χ3v) is 3.32. The van der Waals surface area contributed by atoms with Gasteiger partial charge in [0.25, 0.3) is 0 Å². The number of carbonyl (C=O) groups excluding carboxylic acids is 2. The topological polar surface area (TPSA) is 34.1 Å². The van der Waals surface area contributed by atoms with E-state index in [-0.39, 0.29) is 5.78 Å². The summed E-state index contributed by atoms with van der Waals surface area (Å²) in [6.45, 7) is 2.25. The summed E-state index contributed by atoms with van der Waals surface area (Å²) in [6.07, 6.45) is 18.9. The molecule has 0 heterocycles. The Morgan fingerprint density at radius 3 is 1.89 bits per heavy atom. The second-order valence-corrected chi connectivity index (χ2v) is 5.21. The smallest absolute Gasteiger partial charge is 0.195 e. The Hall–Kier alpha value is -0.920. The van der Waals surface area contributed by atoms with E-state index in [2.05, 4.69) is 19.1 Å². The lowest BCUT2D eigenvalue weighted by Crippen LogP contribution is -1.97. The molecule has 0 aliphatic rings. The number of allylic oxidation sites excluding steroid dienone is 2. The Morgan fingerprint density at radius 1 is 0.789 bits per heavy atom. The van der Waals surface area contributed by atoms with E-state index in [0.29, 0.717) is 12.7 Å². The summed E-state index contributed by atoms with van der Waals surface area (Å²) in [4.78, 5) is 20.8. The van der Waals surface area contributed by atoms with Crippen molar-refractivity contribution < 1.29 is 9.59 Å². The second kappa shape index (κ2) is 15.1. The average molecular weight is 266 g/mol. The molecule has 0 N–H and O–H groups in total. The molecule has 2 heteroatoms. The predicted octanol–water partition coefficient (Wildman–Crippen LogP) is 5.01. The summed E-state index contributed by atoms with van der Waals surface area (Å²) in [5.74, 6) is -0.271. The van der Waals surface area contributed by atoms with Crippen LogP contribution in [-0.2, 0) is 9.59 Å². The molecular weight excluding hydrogens is 236 g/mol. The van der Waals surface area contributed by atoms with Crippen LogP contribution in [0.2, 0.25) is 0 Å². The van der Waals surface area contributed by atoms with Crippen LogP contribution in [-0.4, -0.2) is 12.1 Å². The molecule has 0 amide bonds. The molecule has 0 saturated carbocycles. The molecule has 0 bridgehead atoms. The first-order valence-electron chi connectivity index (χ1n) is 7.94. The van der Waals surface area contributed by atoms with Crippen LogP contribution in [0.4, 0.5) is 0 Å². The van der Waals surface area contributed by atoms with Crippen LogP contribution in [0.3, 0.4) is 0 Å². The number of carbonyl (C=O) groups is 2. The van der Waals surface area contributed by atoms with Gasteiger partial charge in [-0.2, -0.15) is 0 Å². The highest BCUT2D eigenvalue weighted by Crippen LogP contribution is 2.09. The van der Waals surface area contributed by atoms with Gasteiger partial charge in [-0.25, -0.2) is 0 Å². The van der Waals surface area contributed by atoms with Gasteiger partial charge in [0.15, 0.2) is 12.1 Å². The maximum absolute atomic E-state index is 10.7. The van der Waals surface area contributed by atoms with Gasteiger partial charge in [-0.15, -0.1) is 0 Å². The van der Waals surface area contributed by atoms with Crippen molar-refractivity contribution in [2.24, 2.45) is 0 Å². The molecule has 0 unspecified atom stereocenters. The summed E-state index contributed by atoms with van der Waals surface area (Å²) in [6, 6.07) is 0. The van der Waals surface area contributed by atoms with Crippen LogP contribution >= 0.6 is 0 Å². The van der Waals surface area contributed by atoms with Crippen molar-refractivity contribution in [3.05, 3.63) is 12.2 Å². The number of unbranched alkanes of at least 4 members (excludes halogenated alkanes) is 9. The SMILES string of the molecule is CCCCCCCCC/C=C/CCCCC(=O)C=O. The van der Waals surface area contributed by atoms with Crippen LogP contribution in [0.15, 0.2) is 12.2 Å². The van der Waals surface area contributed by atoms with E-state index in [1.54, 1.807) is 0 Å². The fourth-order valence-electron chi connectivity index (χ4n) is 2.08. The molecule has 0 aromatic rings. The summed E-state index contributed by atoms with van der Waals surface area (Å²) in [5.41, 5.74) is 0. The zero-order valence-corrected chi connectivity index (χ0v) is 12.5. The second-order valence-electron chi connectivity index (χ2n) is 5.21. The zero-order valence-electron chi connectivity index (χ0n) is 12.5. The molecular formula is C17H30O2. The Morgan fingerprint density at radius 2 is 1.32 bits per heavy atom. The van der Waals surface area contributed by atoms with Crippen LogP contribution < -0.4 is 0 Å². The van der Waals surface area contributed by atoms with Gasteiger partial charge in [0.2, 0.25) is 0 Å². The first-order valence-corrected chi connectivity index (χ1v) is 7.94. The highest BCUT2D eigenvalue weighted by molar-refractivity contribution is 6.24. The first kappa shape index (κ1) is 18.1. The molecule has 0 aliphatic heterocycles. The zero-order chi connectivity index (χ0) is 14.2. The van der Waals surface area contributed by atoms with Gasteiger partial charge in [0, 0.05) is 6.42 Å². The van der Waals surface area contributed by atoms with Crippen molar-refractivity contribution in [3.8, 4) is 0 Å². The van der Waals surface area contributed by atoms with Crippen LogP contribution in [0.5, 0.6) is 0 Å². The lowest BCUT2D eigenvalue weighted by atomic mass is 10.1. The third-order valence-electron chi connectivity index (χ3n) is 3.32. The summed E-state index contributed by atoms with van der Waals surface area (Å²) >= 11 is 0. The van der Waals surface area contributed by atoms with Gasteiger partial charge in [-0.05, 0) is 32.1 Å². The van der Waals surface area contributed by atoms with Crippen molar-refractivity contribution in [1.29, 1.82) is 0 Å². The Labute approximate surface area is 118 Å². The lowest BCUT2D eigenvalue weighted by Gasteiger charge is -1.99. The summed E-state index contributed by atoms with van der Waals surface area (Å²) in [5, 5.41) is 0. The largest absolute Gasteiger partial charge is 0.295 e. The molecule has 0 spiro atoms. The van der Waals surface area contributed by atoms with Gasteiger partial charge >= 0.3 is 0 Å². The van der Waals surface area contributed by atoms with Crippen LogP contribution in [0.1, 0.15) is 84.0 Å². The molecule has 0 radical (unpaired) electrons. The van der Waals surface area contributed by atoms with Crippen LogP contribution in [0.25, 0.3) is 0 Å². The molecule has 0 aliphatic carbocycles. The van der Waals surface area contributed by atoms with Crippen LogP contribution in [0, 0.1) is 0 Å². The summed E-state index contributed by atoms with van der Waals surface area (Å²) < 4.78 is 0. The highest BCUT2D eigenvalue weighted by Gasteiger charge is 1.96. The lowest BCUT2D eigenvalue weighted by molar-refractivity contribution is -0.129. The average Bonchev–Trinajstić information content (AvgIpc) is 2.43. The highest BCUT2D eigenvalue weighted by atomic mass is 16.2. The quantitative estimate of drug-likeness (QED) is 0.192. The molecule has 0 fully saturated rings. The molecule has 2 nitrogen and oxygen atoms in total. The molecule has 0 aromatic heterocycles. The first-order chi connectivity index (χ1) is 9.31. The van der Waals surface area contributed by atoms with Crippen molar-refractivity contribution in [2.45, 2.75) is 84.0 Å². The number of rotatable bonds is 14. The van der Waals surface area contributed by atoms with E-state index in [1.165, 1.54) is 51.4 Å². The van der Waals surface area contributed by atoms with E-state index >= 15 is 0 Å². The Bertz CT molecular complexity index is 244. The molecule has 0 rings (SSSR count). The van der Waals surface area contributed by atoms with Crippen molar-refractivity contribution in [1.82, 2.24) is 0 Å². The molecule has 19 heavy (non-hydrogen) atoms. The minimum Gasteiger partial charge on any atom is -0.295 e. The maximum atomic E-state index is 10.7. The van der Waals surface area contributed by atoms with Gasteiger partial charge in [-0.1, -0.05) is 57.6 Å². The van der Waals surface area contributed by atoms with Gasteiger partial charge in [-0.3, -0.25) is 9.59 Å². The Kier molecular flexibility index (Phi) is 14.4. The minimum absolute atomic E-state index is 0.271. The van der Waals surface area contributed by atoms with Crippen molar-refractivity contribution in [3.63, 3.8) is 0 Å². The van der Waals surface area contributed by atoms with Crippen molar-refractivity contribution in [2.75, 3.05) is 0 Å². The van der Waals surface area contributed by atoms with E-state index < -0.39 is 0 Å². The number of ketones is 1. The van der Waals surface area contributed by atoms with E-state index in [1.807, 2.05) is 0 Å². The number of Topliss-reactive ketones (excluding diaryl/α,β-unsaturated/α-hetero) is 1. The normalized spacial score (nSPS) is 11.0. The van der Waals surface area contributed by atoms with Gasteiger partial charge in [0.1, 0.15) is 0 Å². The molecule has 0 atom stereocenters. The molecule has 0 saturated heterocycles. The molecule has 0 aromatic carbocycles. The van der Waals surface area contributed by atoms with Gasteiger partial charge in [0.05, 0.1) is 0 Å². The summed E-state index contributed by atoms with van der Waals surface area (Å²) in [7, 11) is 0. The van der Waals surface area contributed by atoms with E-state index in [0.717, 1.165) is 19.3 Å². The van der Waals surface area contributed by atoms with Gasteiger partial charge < -0.3 is 0 Å². The standard InChI is InChI=1S/C17H30O2/c1-2-3-4-5-6-7-8-9-10-11-12-13-14-15-17(19)16-18/h10-11,16H,2-9,12-15H2,1H3/b11-10+. The number of hydrogen-bond acceptors (Lipinski definition) is 2. The monoisotopic (exact) mass is 266 g/mol. The fourth-order valence-corrected chi connectivity index (χ4v) is 2.08. The Balaban J connectivity index is 3.13. The van der Waals surface area contributed by atoms with Crippen molar-refractivity contribution >= 4 is 12.1 Å². The predicted molar refractivity (Wildman–Crippen MR) is 81.3 cm³/mol. The number of hydrogen-bond donors (Lipinski definition) is 0. The van der Waals surface area contributed by atoms with E-state index in [4.69, 9.17) is 0 Å². The van der Waals surface area contributed by atoms with E-state index in [9.17, 15) is 9.59 Å². The maximum Gasteiger partial charge on any atom is 0.195 e. The fraction of sp³-hybridized carbons (Fsp3) is 0.765.